The minimum atomic E-state index is -2.54. The predicted molar refractivity (Wildman–Crippen MR) is 284 cm³/mol. The van der Waals surface area contributed by atoms with Gasteiger partial charge >= 0.3 is 41.2 Å². The molecule has 3 aliphatic heterocycles. The highest BCUT2D eigenvalue weighted by Gasteiger charge is 2.54. The number of fused-ring (bicyclic) bond motifs is 6. The van der Waals surface area contributed by atoms with Gasteiger partial charge in [-0.15, -0.1) is 0 Å². The third-order valence-electron chi connectivity index (χ3n) is 14.1. The van der Waals surface area contributed by atoms with Gasteiger partial charge < -0.3 is 125 Å². The quantitative estimate of drug-likeness (QED) is 0.0371. The first-order valence-electron chi connectivity index (χ1n) is 24.9. The Morgan fingerprint density at radius 2 is 1.10 bits per heavy atom. The van der Waals surface area contributed by atoms with E-state index < -0.39 is 249 Å². The van der Waals surface area contributed by atoms with Gasteiger partial charge in [0.05, 0.1) is 45.0 Å². The van der Waals surface area contributed by atoms with E-state index in [1.165, 1.54) is 6.92 Å². The number of carboxylic acids is 1. The fraction of sp³-hybridized carbons (Fsp3) is 0.123. The zero-order valence-corrected chi connectivity index (χ0v) is 43.8. The minimum Gasteiger partial charge on any atom is -0.507 e. The zero-order valence-electron chi connectivity index (χ0n) is 43.8. The first-order valence-corrected chi connectivity index (χ1v) is 24.9. The number of rotatable bonds is 8. The number of hydrogen-bond donors (Lipinski definition) is 18. The van der Waals surface area contributed by atoms with Gasteiger partial charge in [-0.1, -0.05) is 0 Å². The molecule has 7 aromatic carbocycles. The number of cyclic esters (lactones) is 1. The molecule has 8 aromatic rings. The monoisotopic (exact) mass is 1220 g/mol. The van der Waals surface area contributed by atoms with Gasteiger partial charge in [0.2, 0.25) is 23.0 Å². The normalized spacial score (nSPS) is 17.5. The highest BCUT2D eigenvalue weighted by atomic mass is 16.7. The molecule has 3 unspecified atom stereocenters. The van der Waals surface area contributed by atoms with Crippen molar-refractivity contribution in [3.63, 3.8) is 0 Å². The van der Waals surface area contributed by atoms with E-state index in [0.717, 1.165) is 36.4 Å². The molecule has 1 aromatic heterocycles. The van der Waals surface area contributed by atoms with Crippen molar-refractivity contribution in [1.82, 2.24) is 0 Å². The second-order valence-electron chi connectivity index (χ2n) is 19.6. The summed E-state index contributed by atoms with van der Waals surface area (Å²) in [6.45, 7) is -0.0355. The molecule has 31 nitrogen and oxygen atoms in total. The van der Waals surface area contributed by atoms with E-state index in [1.807, 2.05) is 0 Å². The Hall–Kier alpha value is -12.4. The number of benzene rings is 7. The standard InChI is InChI=1S/C57H38O31/c1-14-2-16(5-22(59)38(14)66)53(76)88-51-50(87-54(77)17-6-25(62)40(68)26(63)7-17)47-32(85-57(51)80)13-81-55(78)21-12-31(43(71)45(73)34(21)33-20(56(79)86-47)11-27(64)41(69)44(33)72)84-49-37-35-19(52(74)75)10-28(65)42(70)48(35)83-30-9-18(58)8-29(36(30)37)82-46(49)15-3-23(60)39(67)24(61)4-15/h2-12,32,47,50-51,57,80H,13H2,1H3,(H16-,58,59,60,61,62,63,64,65,66,67,68,69,70,71,72,73,74,75,76,77,78,79)/p+1/t32?,47-,50-,51?,57?/m0/s1. The molecule has 3 aliphatic rings. The van der Waals surface area contributed by atoms with E-state index in [2.05, 4.69) is 0 Å². The summed E-state index contributed by atoms with van der Waals surface area (Å²) in [6.07, 6.45) is -11.9. The SMILES string of the molecule is Cc1cc(C(=O)OC2C(O)OC3COC(=O)c4cc(Oc5c(-c6cc(O)c(O)c(O)c6)[o+]c6cc(O)cc7c6c5-c5c(C(=O)O)cc(O)c(O)c5O7)c(O)c(O)c4-c4c(cc(O)c(O)c4O)C(=O)O[C@@H]3[C@@H]2OC(=O)c2cc(O)c(O)c(O)c2)cc(O)c1O. The zero-order chi connectivity index (χ0) is 63.5. The van der Waals surface area contributed by atoms with Crippen molar-refractivity contribution < 1.29 is 153 Å². The van der Waals surface area contributed by atoms with Crippen LogP contribution in [-0.2, 0) is 23.7 Å². The lowest BCUT2D eigenvalue weighted by atomic mass is 9.90. The van der Waals surface area contributed by atoms with Crippen molar-refractivity contribution in [3.8, 4) is 149 Å². The third-order valence-corrected chi connectivity index (χ3v) is 14.1. The Bertz CT molecular complexity index is 4370. The van der Waals surface area contributed by atoms with Gasteiger partial charge in [-0.25, -0.2) is 28.4 Å². The average Bonchev–Trinajstić information content (AvgIpc) is 0.782. The van der Waals surface area contributed by atoms with Crippen LogP contribution in [0.3, 0.4) is 0 Å². The molecule has 1 saturated heterocycles. The molecule has 1 fully saturated rings. The number of carbonyl (C=O) groups is 5. The number of carbonyl (C=O) groups excluding carboxylic acids is 4. The maximum absolute atomic E-state index is 14.9. The Balaban J connectivity index is 1.10. The Morgan fingerprint density at radius 3 is 1.72 bits per heavy atom. The van der Waals surface area contributed by atoms with Crippen LogP contribution in [0.15, 0.2) is 71.1 Å². The number of aromatic hydroxyl groups is 16. The van der Waals surface area contributed by atoms with Crippen LogP contribution in [0.2, 0.25) is 0 Å². The van der Waals surface area contributed by atoms with Crippen LogP contribution < -0.4 is 9.47 Å². The number of aliphatic hydroxyl groups is 1. The molecule has 0 aliphatic carbocycles. The van der Waals surface area contributed by atoms with Gasteiger partial charge in [0, 0.05) is 41.0 Å². The van der Waals surface area contributed by atoms with Crippen molar-refractivity contribution in [3.05, 3.63) is 100 Å². The van der Waals surface area contributed by atoms with Crippen LogP contribution in [0.4, 0.5) is 0 Å². The summed E-state index contributed by atoms with van der Waals surface area (Å²) in [5.74, 6) is -30.9. The first kappa shape index (κ1) is 57.4. The van der Waals surface area contributed by atoms with Crippen LogP contribution >= 0.6 is 0 Å². The summed E-state index contributed by atoms with van der Waals surface area (Å²) in [5, 5.41) is 195. The van der Waals surface area contributed by atoms with E-state index in [1.54, 1.807) is 0 Å². The summed E-state index contributed by atoms with van der Waals surface area (Å²) in [7, 11) is 0. The molecular weight excluding hydrogens is 1180 g/mol. The van der Waals surface area contributed by atoms with Gasteiger partial charge in [-0.05, 0) is 48.9 Å². The topological polar surface area (TPSA) is 525 Å². The average molecular weight is 1220 g/mol. The molecule has 0 bridgehead atoms. The summed E-state index contributed by atoms with van der Waals surface area (Å²) in [6, 6.07) is 7.69. The maximum atomic E-state index is 14.9. The molecule has 5 atom stereocenters. The highest BCUT2D eigenvalue weighted by Crippen LogP contribution is 2.62. The van der Waals surface area contributed by atoms with Crippen LogP contribution in [0.5, 0.6) is 115 Å². The molecule has 452 valence electrons. The largest absolute Gasteiger partial charge is 0.507 e. The molecule has 11 rings (SSSR count). The molecule has 0 amide bonds. The van der Waals surface area contributed by atoms with Gasteiger partial charge in [-0.2, -0.15) is 0 Å². The molecule has 4 heterocycles. The Morgan fingerprint density at radius 1 is 0.557 bits per heavy atom. The fourth-order valence-electron chi connectivity index (χ4n) is 10.0. The van der Waals surface area contributed by atoms with Gasteiger partial charge in [-0.3, -0.25) is 0 Å². The first-order chi connectivity index (χ1) is 41.5. The molecule has 0 spiro atoms. The number of phenols is 16. The lowest BCUT2D eigenvalue weighted by Gasteiger charge is -2.42. The molecule has 88 heavy (non-hydrogen) atoms. The molecule has 31 heteroatoms. The van der Waals surface area contributed by atoms with E-state index in [9.17, 15) is 116 Å². The van der Waals surface area contributed by atoms with Crippen LogP contribution in [0.1, 0.15) is 57.4 Å². The number of phenolic OH excluding ortho intramolecular Hbond substituents is 16. The smallest absolute Gasteiger partial charge is 0.403 e. The number of aryl methyl sites for hydroxylation is 1. The van der Waals surface area contributed by atoms with E-state index >= 15 is 0 Å². The number of aromatic carboxylic acids is 1. The van der Waals surface area contributed by atoms with E-state index in [-0.39, 0.29) is 10.9 Å². The van der Waals surface area contributed by atoms with Gasteiger partial charge in [0.15, 0.2) is 105 Å². The van der Waals surface area contributed by atoms with Crippen molar-refractivity contribution in [2.75, 3.05) is 6.61 Å². The molecule has 18 N–H and O–H groups in total. The Labute approximate surface area is 486 Å². The fourth-order valence-corrected chi connectivity index (χ4v) is 10.0. The van der Waals surface area contributed by atoms with Crippen molar-refractivity contribution in [1.29, 1.82) is 0 Å². The van der Waals surface area contributed by atoms with Crippen molar-refractivity contribution in [2.24, 2.45) is 0 Å². The summed E-state index contributed by atoms with van der Waals surface area (Å²) < 4.78 is 46.5. The molecule has 0 radical (unpaired) electrons. The van der Waals surface area contributed by atoms with E-state index in [4.69, 9.17) is 37.6 Å². The maximum Gasteiger partial charge on any atom is 0.403 e. The van der Waals surface area contributed by atoms with Gasteiger partial charge in [0.25, 0.3) is 0 Å². The highest BCUT2D eigenvalue weighted by molar-refractivity contribution is 6.13. The van der Waals surface area contributed by atoms with Crippen LogP contribution in [-0.4, -0.2) is 159 Å². The predicted octanol–water partition coefficient (Wildman–Crippen LogP) is 5.77. The summed E-state index contributed by atoms with van der Waals surface area (Å²) in [5.41, 5.74) is -9.14. The lowest BCUT2D eigenvalue weighted by molar-refractivity contribution is -0.284. The second kappa shape index (κ2) is 20.7. The third kappa shape index (κ3) is 9.27. The second-order valence-corrected chi connectivity index (χ2v) is 19.6. The lowest BCUT2D eigenvalue weighted by Crippen LogP contribution is -2.62. The Kier molecular flexibility index (Phi) is 13.5. The van der Waals surface area contributed by atoms with Crippen molar-refractivity contribution >= 4 is 40.8 Å². The van der Waals surface area contributed by atoms with Crippen molar-refractivity contribution in [2.45, 2.75) is 37.6 Å². The van der Waals surface area contributed by atoms with Gasteiger partial charge in [0.1, 0.15) is 29.6 Å². The summed E-state index contributed by atoms with van der Waals surface area (Å²) in [4.78, 5) is 70.6. The number of aliphatic hydroxyl groups excluding tert-OH is 1. The number of ether oxygens (including phenoxy) is 7. The number of carboxylic acid groups (broad SMARTS) is 1. The summed E-state index contributed by atoms with van der Waals surface area (Å²) >= 11 is 0. The minimum absolute atomic E-state index is 0.0920. The number of hydrogen-bond acceptors (Lipinski definition) is 29. The van der Waals surface area contributed by atoms with Crippen LogP contribution in [0.25, 0.3) is 44.5 Å². The number of esters is 4. The van der Waals surface area contributed by atoms with Crippen LogP contribution in [0, 0.1) is 6.92 Å². The van der Waals surface area contributed by atoms with E-state index in [0.29, 0.717) is 30.3 Å². The molecule has 0 saturated carbocycles. The molecular formula is C57H39O31+.